The van der Waals surface area contributed by atoms with Crippen molar-refractivity contribution in [3.63, 3.8) is 0 Å². The smallest absolute Gasteiger partial charge is 0.244 e. The molecule has 0 bridgehead atoms. The first-order valence-corrected chi connectivity index (χ1v) is 6.80. The van der Waals surface area contributed by atoms with Crippen molar-refractivity contribution in [1.82, 2.24) is 5.32 Å². The summed E-state index contributed by atoms with van der Waals surface area (Å²) in [5.41, 5.74) is 0.666. The molecule has 0 unspecified atom stereocenters. The zero-order chi connectivity index (χ0) is 13.7. The Kier molecular flexibility index (Phi) is 4.47. The van der Waals surface area contributed by atoms with Crippen molar-refractivity contribution in [2.24, 2.45) is 0 Å². The van der Waals surface area contributed by atoms with E-state index in [2.05, 4.69) is 5.32 Å². The van der Waals surface area contributed by atoms with E-state index in [-0.39, 0.29) is 17.8 Å². The Bertz CT molecular complexity index is 578. The third-order valence-corrected chi connectivity index (χ3v) is 3.66. The lowest BCUT2D eigenvalue weighted by Crippen LogP contribution is -2.23. The summed E-state index contributed by atoms with van der Waals surface area (Å²) in [6, 6.07) is 10.0. The zero-order valence-corrected chi connectivity index (χ0v) is 11.3. The van der Waals surface area contributed by atoms with Crippen molar-refractivity contribution < 1.29 is 9.18 Å². The number of rotatable bonds is 4. The van der Waals surface area contributed by atoms with Crippen LogP contribution < -0.4 is 5.32 Å². The van der Waals surface area contributed by atoms with E-state index < -0.39 is 0 Å². The van der Waals surface area contributed by atoms with E-state index in [1.54, 1.807) is 29.5 Å². The lowest BCUT2D eigenvalue weighted by atomic mass is 10.2. The minimum Gasteiger partial charge on any atom is -0.345 e. The van der Waals surface area contributed by atoms with E-state index in [4.69, 9.17) is 0 Å². The molecule has 2 aromatic rings. The van der Waals surface area contributed by atoms with Gasteiger partial charge < -0.3 is 5.32 Å². The molecule has 1 atom stereocenters. The first-order valence-electron chi connectivity index (χ1n) is 5.93. The van der Waals surface area contributed by atoms with Crippen LogP contribution in [-0.4, -0.2) is 5.91 Å². The maximum absolute atomic E-state index is 13.0. The Balaban J connectivity index is 1.94. The van der Waals surface area contributed by atoms with E-state index in [1.165, 1.54) is 18.2 Å². The molecule has 19 heavy (non-hydrogen) atoms. The molecular formula is C15H14FNOS. The number of nitrogens with one attached hydrogen (secondary N) is 1. The van der Waals surface area contributed by atoms with Gasteiger partial charge in [0.1, 0.15) is 5.82 Å². The molecule has 0 aliphatic rings. The standard InChI is InChI=1S/C15H14FNOS/c1-11(14-6-3-9-19-14)17-15(18)8-7-12-4-2-5-13(16)10-12/h2-11H,1H3,(H,17,18)/b8-7+/t11-/m0/s1. The van der Waals surface area contributed by atoms with Crippen LogP contribution in [0.2, 0.25) is 0 Å². The number of hydrogen-bond acceptors (Lipinski definition) is 2. The molecule has 1 N–H and O–H groups in total. The van der Waals surface area contributed by atoms with E-state index in [0.717, 1.165) is 4.88 Å². The summed E-state index contributed by atoms with van der Waals surface area (Å²) in [6.45, 7) is 1.93. The molecule has 2 rings (SSSR count). The van der Waals surface area contributed by atoms with Crippen LogP contribution >= 0.6 is 11.3 Å². The van der Waals surface area contributed by atoms with Gasteiger partial charge in [0.2, 0.25) is 5.91 Å². The number of thiophene rings is 1. The molecule has 0 spiro atoms. The minimum absolute atomic E-state index is 0.0235. The van der Waals surface area contributed by atoms with Crippen LogP contribution in [0, 0.1) is 5.82 Å². The minimum atomic E-state index is -0.311. The monoisotopic (exact) mass is 275 g/mol. The summed E-state index contributed by atoms with van der Waals surface area (Å²) in [6.07, 6.45) is 3.01. The van der Waals surface area contributed by atoms with Gasteiger partial charge in [-0.2, -0.15) is 0 Å². The van der Waals surface area contributed by atoms with Crippen molar-refractivity contribution in [1.29, 1.82) is 0 Å². The lowest BCUT2D eigenvalue weighted by molar-refractivity contribution is -0.117. The number of carbonyl (C=O) groups excluding carboxylic acids is 1. The number of hydrogen-bond donors (Lipinski definition) is 1. The largest absolute Gasteiger partial charge is 0.345 e. The first-order chi connectivity index (χ1) is 9.15. The van der Waals surface area contributed by atoms with E-state index in [1.807, 2.05) is 24.4 Å². The summed E-state index contributed by atoms with van der Waals surface area (Å²) in [4.78, 5) is 12.8. The van der Waals surface area contributed by atoms with Crippen molar-refractivity contribution in [2.75, 3.05) is 0 Å². The molecule has 1 amide bonds. The predicted molar refractivity (Wildman–Crippen MR) is 76.3 cm³/mol. The van der Waals surface area contributed by atoms with Gasteiger partial charge in [0, 0.05) is 11.0 Å². The third-order valence-electron chi connectivity index (χ3n) is 2.60. The Morgan fingerprint density at radius 3 is 2.89 bits per heavy atom. The Morgan fingerprint density at radius 1 is 1.37 bits per heavy atom. The Morgan fingerprint density at radius 2 is 2.21 bits per heavy atom. The molecule has 4 heteroatoms. The fourth-order valence-electron chi connectivity index (χ4n) is 1.65. The van der Waals surface area contributed by atoms with Gasteiger partial charge in [0.15, 0.2) is 0 Å². The van der Waals surface area contributed by atoms with Crippen LogP contribution in [0.3, 0.4) is 0 Å². The highest BCUT2D eigenvalue weighted by molar-refractivity contribution is 7.10. The highest BCUT2D eigenvalue weighted by Crippen LogP contribution is 2.17. The molecule has 0 saturated heterocycles. The van der Waals surface area contributed by atoms with Gasteiger partial charge in [-0.1, -0.05) is 18.2 Å². The number of amides is 1. The number of halogens is 1. The quantitative estimate of drug-likeness (QED) is 0.845. The van der Waals surface area contributed by atoms with Gasteiger partial charge in [-0.15, -0.1) is 11.3 Å². The van der Waals surface area contributed by atoms with Crippen LogP contribution in [-0.2, 0) is 4.79 Å². The average Bonchev–Trinajstić information content (AvgIpc) is 2.90. The second kappa shape index (κ2) is 6.29. The second-order valence-electron chi connectivity index (χ2n) is 4.13. The van der Waals surface area contributed by atoms with Gasteiger partial charge in [0.25, 0.3) is 0 Å². The van der Waals surface area contributed by atoms with Gasteiger partial charge >= 0.3 is 0 Å². The average molecular weight is 275 g/mol. The lowest BCUT2D eigenvalue weighted by Gasteiger charge is -2.09. The fourth-order valence-corrected chi connectivity index (χ4v) is 2.39. The van der Waals surface area contributed by atoms with Gasteiger partial charge in [0.05, 0.1) is 6.04 Å². The molecule has 0 radical (unpaired) electrons. The summed E-state index contributed by atoms with van der Waals surface area (Å²) < 4.78 is 13.0. The van der Waals surface area contributed by atoms with Gasteiger partial charge in [-0.25, -0.2) is 4.39 Å². The zero-order valence-electron chi connectivity index (χ0n) is 10.5. The number of carbonyl (C=O) groups is 1. The molecule has 1 heterocycles. The van der Waals surface area contributed by atoms with Gasteiger partial charge in [-0.3, -0.25) is 4.79 Å². The van der Waals surface area contributed by atoms with Crippen molar-refractivity contribution >= 4 is 23.3 Å². The maximum Gasteiger partial charge on any atom is 0.244 e. The third kappa shape index (κ3) is 4.03. The van der Waals surface area contributed by atoms with Crippen molar-refractivity contribution in [3.8, 4) is 0 Å². The van der Waals surface area contributed by atoms with Gasteiger partial charge in [-0.05, 0) is 42.1 Å². The molecule has 1 aromatic carbocycles. The van der Waals surface area contributed by atoms with Crippen LogP contribution in [0.1, 0.15) is 23.4 Å². The van der Waals surface area contributed by atoms with Crippen LogP contribution in [0.15, 0.2) is 47.9 Å². The van der Waals surface area contributed by atoms with Crippen molar-refractivity contribution in [2.45, 2.75) is 13.0 Å². The first kappa shape index (κ1) is 13.5. The van der Waals surface area contributed by atoms with E-state index in [0.29, 0.717) is 5.56 Å². The maximum atomic E-state index is 13.0. The summed E-state index contributed by atoms with van der Waals surface area (Å²) in [5, 5.41) is 4.83. The van der Waals surface area contributed by atoms with Crippen LogP contribution in [0.5, 0.6) is 0 Å². The van der Waals surface area contributed by atoms with Crippen molar-refractivity contribution in [3.05, 3.63) is 64.1 Å². The highest BCUT2D eigenvalue weighted by atomic mass is 32.1. The molecular weight excluding hydrogens is 261 g/mol. The van der Waals surface area contributed by atoms with E-state index in [9.17, 15) is 9.18 Å². The van der Waals surface area contributed by atoms with Crippen LogP contribution in [0.25, 0.3) is 6.08 Å². The molecule has 0 aliphatic heterocycles. The Labute approximate surface area is 115 Å². The second-order valence-corrected chi connectivity index (χ2v) is 5.11. The predicted octanol–water partition coefficient (Wildman–Crippen LogP) is 3.78. The molecule has 0 fully saturated rings. The SMILES string of the molecule is C[C@H](NC(=O)/C=C/c1cccc(F)c1)c1cccs1. The summed E-state index contributed by atoms with van der Waals surface area (Å²) >= 11 is 1.60. The Hall–Kier alpha value is -1.94. The fraction of sp³-hybridized carbons (Fsp3) is 0.133. The number of benzene rings is 1. The molecule has 1 aromatic heterocycles. The summed E-state index contributed by atoms with van der Waals surface area (Å²) in [5.74, 6) is -0.500. The van der Waals surface area contributed by atoms with E-state index >= 15 is 0 Å². The normalized spacial score (nSPS) is 12.5. The molecule has 98 valence electrons. The molecule has 2 nitrogen and oxygen atoms in total. The topological polar surface area (TPSA) is 29.1 Å². The van der Waals surface area contributed by atoms with Crippen LogP contribution in [0.4, 0.5) is 4.39 Å². The summed E-state index contributed by atoms with van der Waals surface area (Å²) in [7, 11) is 0. The molecule has 0 aliphatic carbocycles. The highest BCUT2D eigenvalue weighted by Gasteiger charge is 2.07. The molecule has 0 saturated carbocycles.